The number of imide groups is 1. The second kappa shape index (κ2) is 10.4. The number of piperidine rings is 1. The van der Waals surface area contributed by atoms with Crippen LogP contribution in [0.3, 0.4) is 0 Å². The van der Waals surface area contributed by atoms with Crippen LogP contribution in [0.1, 0.15) is 13.3 Å². The van der Waals surface area contributed by atoms with E-state index in [2.05, 4.69) is 30.2 Å². The minimum absolute atomic E-state index is 0.0287. The number of likely N-dealkylation sites (N-methyl/N-ethyl adjacent to an activating group) is 1. The van der Waals surface area contributed by atoms with E-state index in [0.717, 1.165) is 41.3 Å². The molecule has 4 aliphatic rings. The van der Waals surface area contributed by atoms with Gasteiger partial charge in [-0.1, -0.05) is 0 Å². The first kappa shape index (κ1) is 26.5. The van der Waals surface area contributed by atoms with Crippen LogP contribution in [0.5, 0.6) is 0 Å². The molecule has 0 bridgehead atoms. The Labute approximate surface area is 234 Å². The maximum absolute atomic E-state index is 13.3. The number of hydrogen-bond donors (Lipinski definition) is 2. The summed E-state index contributed by atoms with van der Waals surface area (Å²) in [5.41, 5.74) is 0.762. The summed E-state index contributed by atoms with van der Waals surface area (Å²) in [6.07, 6.45) is 4.43. The maximum atomic E-state index is 13.3. The summed E-state index contributed by atoms with van der Waals surface area (Å²) in [5, 5.41) is 15.4. The van der Waals surface area contributed by atoms with Crippen molar-refractivity contribution in [3.8, 4) is 10.6 Å². The number of rotatable bonds is 9. The second-order valence-corrected chi connectivity index (χ2v) is 11.5. The summed E-state index contributed by atoms with van der Waals surface area (Å²) >= 11 is 1.36. The summed E-state index contributed by atoms with van der Waals surface area (Å²) in [7, 11) is 2.96. The highest BCUT2D eigenvalue weighted by Crippen LogP contribution is 2.45. The number of hydrogen-bond acceptors (Lipinski definition) is 12. The molecule has 6 rings (SSSR count). The molecular weight excluding hydrogens is 538 g/mol. The fraction of sp³-hybridized carbons (Fsp3) is 0.560. The van der Waals surface area contributed by atoms with Gasteiger partial charge in [0.2, 0.25) is 11.9 Å². The first-order valence-corrected chi connectivity index (χ1v) is 14.0. The fourth-order valence-corrected chi connectivity index (χ4v) is 6.26. The number of nitrogens with zero attached hydrogens (tertiary/aromatic N) is 8. The first-order valence-electron chi connectivity index (χ1n) is 13.1. The Hall–Kier alpha value is -3.69. The standard InChI is InChI=1S/C25H31N9O5S/c1-13(34-12-28-20-19(34)23(37)33(25(38)31(20)2)9-17(35)10-39-3)21(36)29-18-11-40-22(30-18)16-5-26-24(27-6-16)32-7-14-4-15(14)8-32/h5-6,11-15,17,19-20,35H,4,7-10H2,1-3H3,(H,29,36)/t13-,14?,15?,17?,19?,20?/m0/s1. The third-order valence-electron chi connectivity index (χ3n) is 7.89. The molecule has 0 radical (unpaired) electrons. The van der Waals surface area contributed by atoms with E-state index >= 15 is 0 Å². The average molecular weight is 570 g/mol. The van der Waals surface area contributed by atoms with Gasteiger partial charge in [-0.2, -0.15) is 0 Å². The molecule has 1 saturated carbocycles. The number of amides is 4. The Bertz CT molecular complexity index is 1330. The van der Waals surface area contributed by atoms with Gasteiger partial charge in [0.1, 0.15) is 16.9 Å². The van der Waals surface area contributed by atoms with Crippen LogP contribution < -0.4 is 10.2 Å². The molecular formula is C25H31N9O5S. The molecule has 2 saturated heterocycles. The van der Waals surface area contributed by atoms with Crippen molar-refractivity contribution in [1.29, 1.82) is 0 Å². The molecule has 3 fully saturated rings. The van der Waals surface area contributed by atoms with E-state index in [1.807, 2.05) is 0 Å². The third kappa shape index (κ3) is 4.77. The number of thiazole rings is 1. The molecule has 5 unspecified atom stereocenters. The first-order chi connectivity index (χ1) is 19.2. The average Bonchev–Trinajstić information content (AvgIpc) is 3.33. The molecule has 5 heterocycles. The van der Waals surface area contributed by atoms with Crippen molar-refractivity contribution in [2.45, 2.75) is 37.7 Å². The van der Waals surface area contributed by atoms with Crippen LogP contribution in [-0.2, 0) is 14.3 Å². The largest absolute Gasteiger partial charge is 0.389 e. The normalized spacial score (nSPS) is 26.7. The summed E-state index contributed by atoms with van der Waals surface area (Å²) in [6.45, 7) is 3.44. The number of aliphatic hydroxyl groups is 1. The zero-order chi connectivity index (χ0) is 28.1. The second-order valence-electron chi connectivity index (χ2n) is 10.7. The highest BCUT2D eigenvalue weighted by molar-refractivity contribution is 7.13. The number of ether oxygens (including phenoxy) is 1. The fourth-order valence-electron chi connectivity index (χ4n) is 5.53. The van der Waals surface area contributed by atoms with Crippen LogP contribution in [-0.4, -0.2) is 124 Å². The number of aromatic nitrogens is 3. The zero-order valence-electron chi connectivity index (χ0n) is 22.4. The topological polar surface area (TPSA) is 157 Å². The van der Waals surface area contributed by atoms with Crippen LogP contribution >= 0.6 is 11.3 Å². The lowest BCUT2D eigenvalue weighted by molar-refractivity contribution is -0.140. The molecule has 0 spiro atoms. The van der Waals surface area contributed by atoms with Gasteiger partial charge < -0.3 is 29.9 Å². The smallest absolute Gasteiger partial charge is 0.328 e. The van der Waals surface area contributed by atoms with Gasteiger partial charge in [-0.3, -0.25) is 14.5 Å². The Morgan fingerprint density at radius 2 is 1.98 bits per heavy atom. The Kier molecular flexibility index (Phi) is 6.88. The molecule has 2 N–H and O–H groups in total. The minimum atomic E-state index is -1.04. The Morgan fingerprint density at radius 1 is 1.25 bits per heavy atom. The lowest BCUT2D eigenvalue weighted by atomic mass is 10.1. The number of urea groups is 1. The number of carbonyl (C=O) groups is 3. The number of aliphatic imine (C=N–C) groups is 1. The van der Waals surface area contributed by atoms with Gasteiger partial charge in [0.05, 0.1) is 25.6 Å². The van der Waals surface area contributed by atoms with Gasteiger partial charge >= 0.3 is 6.03 Å². The third-order valence-corrected chi connectivity index (χ3v) is 8.78. The monoisotopic (exact) mass is 569 g/mol. The van der Waals surface area contributed by atoms with Gasteiger partial charge in [0, 0.05) is 50.6 Å². The van der Waals surface area contributed by atoms with Gasteiger partial charge in [-0.05, 0) is 25.2 Å². The number of carbonyl (C=O) groups excluding carboxylic acids is 3. The predicted octanol–water partition coefficient (Wildman–Crippen LogP) is 0.323. The zero-order valence-corrected chi connectivity index (χ0v) is 23.2. The van der Waals surface area contributed by atoms with Crippen molar-refractivity contribution in [2.24, 2.45) is 16.8 Å². The molecule has 212 valence electrons. The number of β-amino-alcohol motifs (C(OH)–C–C–N with tert-alkyl or cyclic N) is 1. The molecule has 2 aromatic heterocycles. The molecule has 14 nitrogen and oxygen atoms in total. The number of methoxy groups -OCH3 is 1. The van der Waals surface area contributed by atoms with Crippen molar-refractivity contribution in [1.82, 2.24) is 29.7 Å². The van der Waals surface area contributed by atoms with Crippen LogP contribution in [0.4, 0.5) is 16.6 Å². The molecule has 1 aliphatic carbocycles. The van der Waals surface area contributed by atoms with Crippen molar-refractivity contribution >= 4 is 47.3 Å². The van der Waals surface area contributed by atoms with Crippen LogP contribution in [0, 0.1) is 11.8 Å². The quantitative estimate of drug-likeness (QED) is 0.431. The van der Waals surface area contributed by atoms with E-state index in [1.165, 1.54) is 48.1 Å². The molecule has 0 aromatic carbocycles. The summed E-state index contributed by atoms with van der Waals surface area (Å²) in [6, 6.07) is -2.27. The van der Waals surface area contributed by atoms with E-state index in [9.17, 15) is 19.5 Å². The van der Waals surface area contributed by atoms with E-state index in [4.69, 9.17) is 4.74 Å². The summed E-state index contributed by atoms with van der Waals surface area (Å²) in [4.78, 5) is 63.3. The van der Waals surface area contributed by atoms with Crippen molar-refractivity contribution < 1.29 is 24.2 Å². The predicted molar refractivity (Wildman–Crippen MR) is 146 cm³/mol. The SMILES string of the molecule is COCC(O)CN1C(=O)C2C(N=CN2[C@@H](C)C(=O)Nc2csc(-c3cnc(N4CC5CC5C4)nc3)n2)N(C)C1=O. The van der Waals surface area contributed by atoms with E-state index in [0.29, 0.717) is 10.8 Å². The highest BCUT2D eigenvalue weighted by atomic mass is 32.1. The lowest BCUT2D eigenvalue weighted by Crippen LogP contribution is -2.67. The van der Waals surface area contributed by atoms with E-state index in [-0.39, 0.29) is 19.1 Å². The minimum Gasteiger partial charge on any atom is -0.389 e. The van der Waals surface area contributed by atoms with Gasteiger partial charge in [-0.25, -0.2) is 24.7 Å². The van der Waals surface area contributed by atoms with Gasteiger partial charge in [0.25, 0.3) is 5.91 Å². The molecule has 3 aliphatic heterocycles. The number of nitrogens with one attached hydrogen (secondary N) is 1. The maximum Gasteiger partial charge on any atom is 0.328 e. The van der Waals surface area contributed by atoms with E-state index in [1.54, 1.807) is 24.7 Å². The number of anilines is 2. The molecule has 15 heteroatoms. The summed E-state index contributed by atoms with van der Waals surface area (Å²) in [5.74, 6) is 1.77. The highest BCUT2D eigenvalue weighted by Gasteiger charge is 2.51. The van der Waals surface area contributed by atoms with Crippen LogP contribution in [0.15, 0.2) is 22.8 Å². The molecule has 2 aromatic rings. The van der Waals surface area contributed by atoms with Crippen molar-refractivity contribution in [3.63, 3.8) is 0 Å². The van der Waals surface area contributed by atoms with Crippen molar-refractivity contribution in [3.05, 3.63) is 17.8 Å². The number of fused-ring (bicyclic) bond motifs is 2. The number of aliphatic hydroxyl groups excluding tert-OH is 1. The molecule has 40 heavy (non-hydrogen) atoms. The van der Waals surface area contributed by atoms with Crippen LogP contribution in [0.2, 0.25) is 0 Å². The van der Waals surface area contributed by atoms with E-state index < -0.39 is 36.3 Å². The molecule has 4 amide bonds. The Morgan fingerprint density at radius 3 is 2.67 bits per heavy atom. The summed E-state index contributed by atoms with van der Waals surface area (Å²) < 4.78 is 4.92. The van der Waals surface area contributed by atoms with Gasteiger partial charge in [-0.15, -0.1) is 11.3 Å². The molecule has 6 atom stereocenters. The van der Waals surface area contributed by atoms with Gasteiger partial charge in [0.15, 0.2) is 12.2 Å². The van der Waals surface area contributed by atoms with Crippen molar-refractivity contribution in [2.75, 3.05) is 50.6 Å². The Balaban J connectivity index is 1.10. The lowest BCUT2D eigenvalue weighted by Gasteiger charge is -2.42. The van der Waals surface area contributed by atoms with Crippen LogP contribution in [0.25, 0.3) is 10.6 Å².